The van der Waals surface area contributed by atoms with Crippen LogP contribution in [0.15, 0.2) is 83.6 Å². The highest BCUT2D eigenvalue weighted by Gasteiger charge is 2.30. The molecule has 2 saturated heterocycles. The Hall–Kier alpha value is -4.90. The van der Waals surface area contributed by atoms with E-state index >= 15 is 0 Å². The number of pyridine rings is 1. The van der Waals surface area contributed by atoms with E-state index in [1.165, 1.54) is 31.2 Å². The Bertz CT molecular complexity index is 1840. The molecule has 2 atom stereocenters. The number of hydrogen-bond acceptors (Lipinski definition) is 7. The second-order valence-electron chi connectivity index (χ2n) is 15.3. The fraction of sp³-hybridized carbons (Fsp3) is 0.463. The van der Waals surface area contributed by atoms with Gasteiger partial charge in [-0.05, 0) is 99.0 Å². The SMILES string of the molecule is CC(C)(C)/C(N)=C/C(=Nc1cccc(CN2CCCCC2)c1)NC(=O)NC1CCC(Oc2ccc(=N)n(C(=N)N3CCCCC3)c2)c2ccccc21. The molecule has 6 rings (SSSR count). The zero-order valence-corrected chi connectivity index (χ0v) is 31.0. The lowest BCUT2D eigenvalue weighted by Gasteiger charge is -2.33. The average Bonchev–Trinajstić information content (AvgIpc) is 3.13. The van der Waals surface area contributed by atoms with Crippen molar-refractivity contribution in [1.29, 1.82) is 10.8 Å². The summed E-state index contributed by atoms with van der Waals surface area (Å²) in [4.78, 5) is 23.1. The Labute approximate surface area is 308 Å². The monoisotopic (exact) mass is 705 g/mol. The number of carbonyl (C=O) groups excluding carboxylic acids is 1. The molecule has 0 radical (unpaired) electrons. The summed E-state index contributed by atoms with van der Waals surface area (Å²) in [6.45, 7) is 10.9. The Morgan fingerprint density at radius 3 is 2.38 bits per heavy atom. The van der Waals surface area contributed by atoms with Crippen molar-refractivity contribution in [1.82, 2.24) is 25.0 Å². The van der Waals surface area contributed by atoms with E-state index in [1.807, 2.05) is 62.1 Å². The van der Waals surface area contributed by atoms with Crippen LogP contribution in [0.1, 0.15) is 101 Å². The van der Waals surface area contributed by atoms with E-state index < -0.39 is 0 Å². The van der Waals surface area contributed by atoms with Crippen LogP contribution in [0.25, 0.3) is 0 Å². The molecule has 2 aromatic carbocycles. The van der Waals surface area contributed by atoms with E-state index in [4.69, 9.17) is 26.3 Å². The van der Waals surface area contributed by atoms with Crippen molar-refractivity contribution in [3.05, 3.63) is 101 Å². The summed E-state index contributed by atoms with van der Waals surface area (Å²) in [6.07, 6.45) is 11.7. The van der Waals surface area contributed by atoms with Crippen molar-refractivity contribution in [3.63, 3.8) is 0 Å². The number of ether oxygens (including phenoxy) is 1. The van der Waals surface area contributed by atoms with Gasteiger partial charge >= 0.3 is 6.03 Å². The second-order valence-corrected chi connectivity index (χ2v) is 15.3. The number of benzene rings is 2. The van der Waals surface area contributed by atoms with Crippen LogP contribution in [0.4, 0.5) is 10.5 Å². The predicted molar refractivity (Wildman–Crippen MR) is 207 cm³/mol. The van der Waals surface area contributed by atoms with E-state index in [9.17, 15) is 4.79 Å². The van der Waals surface area contributed by atoms with Gasteiger partial charge < -0.3 is 20.7 Å². The first-order chi connectivity index (χ1) is 25.0. The summed E-state index contributed by atoms with van der Waals surface area (Å²) in [7, 11) is 0. The molecule has 3 aromatic rings. The van der Waals surface area contributed by atoms with Crippen molar-refractivity contribution in [2.75, 3.05) is 26.2 Å². The molecule has 2 unspecified atom stereocenters. The summed E-state index contributed by atoms with van der Waals surface area (Å²) in [5, 5.41) is 23.4. The van der Waals surface area contributed by atoms with Crippen LogP contribution >= 0.6 is 0 Å². The van der Waals surface area contributed by atoms with Crippen LogP contribution in [0.2, 0.25) is 0 Å². The molecule has 1 aliphatic carbocycles. The van der Waals surface area contributed by atoms with Crippen LogP contribution in [-0.4, -0.2) is 58.4 Å². The van der Waals surface area contributed by atoms with E-state index in [0.29, 0.717) is 36.1 Å². The molecule has 2 aliphatic heterocycles. The minimum atomic E-state index is -0.358. The number of fused-ring (bicyclic) bond motifs is 1. The van der Waals surface area contributed by atoms with Gasteiger partial charge in [0.25, 0.3) is 0 Å². The number of rotatable bonds is 7. The van der Waals surface area contributed by atoms with Gasteiger partial charge in [0.15, 0.2) is 0 Å². The summed E-state index contributed by atoms with van der Waals surface area (Å²) in [6, 6.07) is 19.1. The third-order valence-electron chi connectivity index (χ3n) is 10.2. The molecule has 52 heavy (non-hydrogen) atoms. The first-order valence-electron chi connectivity index (χ1n) is 18.9. The maximum absolute atomic E-state index is 13.7. The molecular formula is C41H55N9O2. The molecular weight excluding hydrogens is 651 g/mol. The van der Waals surface area contributed by atoms with Crippen molar-refractivity contribution < 1.29 is 9.53 Å². The number of nitrogens with one attached hydrogen (secondary N) is 4. The second kappa shape index (κ2) is 16.6. The molecule has 2 amide bonds. The number of urea groups is 1. The number of likely N-dealkylation sites (tertiary alicyclic amines) is 2. The van der Waals surface area contributed by atoms with Gasteiger partial charge in [0.05, 0.1) is 17.9 Å². The van der Waals surface area contributed by atoms with Crippen LogP contribution in [-0.2, 0) is 6.54 Å². The fourth-order valence-corrected chi connectivity index (χ4v) is 7.18. The summed E-state index contributed by atoms with van der Waals surface area (Å²) < 4.78 is 8.13. The van der Waals surface area contributed by atoms with Gasteiger partial charge in [0.2, 0.25) is 5.96 Å². The molecule has 1 aromatic heterocycles. The molecule has 0 spiro atoms. The number of amidine groups is 1. The predicted octanol–water partition coefficient (Wildman–Crippen LogP) is 7.10. The average molecular weight is 706 g/mol. The van der Waals surface area contributed by atoms with Crippen LogP contribution in [0, 0.1) is 16.2 Å². The Kier molecular flexibility index (Phi) is 11.8. The lowest BCUT2D eigenvalue weighted by atomic mass is 9.85. The number of piperidine rings is 2. The van der Waals surface area contributed by atoms with E-state index in [-0.39, 0.29) is 29.1 Å². The highest BCUT2D eigenvalue weighted by molar-refractivity contribution is 6.05. The highest BCUT2D eigenvalue weighted by atomic mass is 16.5. The van der Waals surface area contributed by atoms with Crippen molar-refractivity contribution >= 4 is 23.5 Å². The van der Waals surface area contributed by atoms with Gasteiger partial charge in [-0.2, -0.15) is 0 Å². The van der Waals surface area contributed by atoms with Crippen molar-refractivity contribution in [3.8, 4) is 5.75 Å². The van der Waals surface area contributed by atoms with Gasteiger partial charge in [0, 0.05) is 36.8 Å². The van der Waals surface area contributed by atoms with Crippen LogP contribution in [0.3, 0.4) is 0 Å². The van der Waals surface area contributed by atoms with Gasteiger partial charge in [-0.1, -0.05) is 63.6 Å². The molecule has 0 bridgehead atoms. The number of hydrogen-bond donors (Lipinski definition) is 5. The lowest BCUT2D eigenvalue weighted by Crippen LogP contribution is -2.43. The largest absolute Gasteiger partial charge is 0.484 e. The highest BCUT2D eigenvalue weighted by Crippen LogP contribution is 2.38. The Morgan fingerprint density at radius 1 is 0.942 bits per heavy atom. The number of amides is 2. The molecule has 11 heteroatoms. The van der Waals surface area contributed by atoms with Gasteiger partial charge in [-0.15, -0.1) is 0 Å². The molecule has 2 fully saturated rings. The summed E-state index contributed by atoms with van der Waals surface area (Å²) in [5.74, 6) is 1.29. The molecule has 3 aliphatic rings. The third kappa shape index (κ3) is 9.50. The number of allylic oxidation sites excluding steroid dienone is 1. The zero-order chi connectivity index (χ0) is 36.7. The topological polar surface area (TPSA) is 148 Å². The van der Waals surface area contributed by atoms with Gasteiger partial charge in [-0.25, -0.2) is 9.79 Å². The molecule has 11 nitrogen and oxygen atoms in total. The van der Waals surface area contributed by atoms with Gasteiger partial charge in [-0.3, -0.25) is 25.6 Å². The zero-order valence-electron chi connectivity index (χ0n) is 31.0. The van der Waals surface area contributed by atoms with Crippen molar-refractivity contribution in [2.45, 2.75) is 90.8 Å². The Balaban J connectivity index is 1.16. The van der Waals surface area contributed by atoms with Crippen molar-refractivity contribution in [2.24, 2.45) is 16.1 Å². The smallest absolute Gasteiger partial charge is 0.320 e. The molecule has 0 saturated carbocycles. The van der Waals surface area contributed by atoms with E-state index in [1.54, 1.807) is 29.0 Å². The maximum atomic E-state index is 13.7. The number of carbonyl (C=O) groups is 1. The number of aliphatic imine (C=N–C) groups is 1. The Morgan fingerprint density at radius 2 is 1.65 bits per heavy atom. The molecule has 276 valence electrons. The normalized spacial score (nSPS) is 20.2. The maximum Gasteiger partial charge on any atom is 0.320 e. The summed E-state index contributed by atoms with van der Waals surface area (Å²) >= 11 is 0. The number of aromatic nitrogens is 1. The minimum Gasteiger partial charge on any atom is -0.484 e. The lowest BCUT2D eigenvalue weighted by molar-refractivity contribution is 0.171. The first kappa shape index (κ1) is 36.9. The van der Waals surface area contributed by atoms with E-state index in [2.05, 4.69) is 27.7 Å². The first-order valence-corrected chi connectivity index (χ1v) is 18.9. The number of nitrogens with two attached hydrogens (primary N) is 1. The molecule has 3 heterocycles. The third-order valence-corrected chi connectivity index (χ3v) is 10.2. The summed E-state index contributed by atoms with van der Waals surface area (Å²) in [5.41, 5.74) is 11.0. The quantitative estimate of drug-likeness (QED) is 0.132. The van der Waals surface area contributed by atoms with Gasteiger partial charge in [0.1, 0.15) is 23.2 Å². The van der Waals surface area contributed by atoms with Crippen LogP contribution < -0.4 is 26.6 Å². The minimum absolute atomic E-state index is 0.234. The number of nitrogens with zero attached hydrogens (tertiary/aromatic N) is 4. The fourth-order valence-electron chi connectivity index (χ4n) is 7.18. The van der Waals surface area contributed by atoms with E-state index in [0.717, 1.165) is 62.4 Å². The molecule has 6 N–H and O–H groups in total. The standard InChI is InChI=1S/C41H55N9O2/c1-41(2,3)36(42)26-38(45-30-14-12-13-29(25-30)27-48-21-8-4-9-22-48)47-40(51)46-34-18-19-35(33-16-7-6-15-32(33)34)52-31-17-20-37(43)50(28-31)39(44)49-23-10-5-11-24-49/h6-7,12-17,20,25-26,28,34-35,43-44H,4-5,8-11,18-19,21-24,27,42H2,1-3H3,(H2,45,46,47,51)/b36-26-,43-37?,44-39?. The van der Waals surface area contributed by atoms with Crippen LogP contribution in [0.5, 0.6) is 5.75 Å².